The summed E-state index contributed by atoms with van der Waals surface area (Å²) >= 11 is 3.48. The molecule has 0 spiro atoms. The molecule has 1 aliphatic heterocycles. The summed E-state index contributed by atoms with van der Waals surface area (Å²) in [4.78, 5) is 29.8. The summed E-state index contributed by atoms with van der Waals surface area (Å²) in [6.07, 6.45) is 0.734. The van der Waals surface area contributed by atoms with E-state index in [0.29, 0.717) is 24.3 Å². The predicted molar refractivity (Wildman–Crippen MR) is 133 cm³/mol. The second kappa shape index (κ2) is 10.5. The number of carbonyl (C=O) groups is 2. The monoisotopic (exact) mass is 514 g/mol. The molecule has 1 saturated heterocycles. The molecule has 7 heteroatoms. The molecule has 1 heterocycles. The lowest BCUT2D eigenvalue weighted by Gasteiger charge is -2.26. The van der Waals surface area contributed by atoms with Gasteiger partial charge in [0.2, 0.25) is 0 Å². The third-order valence-corrected chi connectivity index (χ3v) is 6.01. The molecule has 1 atom stereocenters. The van der Waals surface area contributed by atoms with E-state index in [1.807, 2.05) is 64.0 Å². The Kier molecular flexibility index (Phi) is 7.97. The van der Waals surface area contributed by atoms with Crippen molar-refractivity contribution in [2.24, 2.45) is 0 Å². The molecule has 2 aromatic rings. The number of Topliss-reactive ketones (excluding diaryl/α,β-unsaturated/α-hetero) is 1. The van der Waals surface area contributed by atoms with Gasteiger partial charge in [0.15, 0.2) is 0 Å². The first-order valence-electron chi connectivity index (χ1n) is 11.1. The fourth-order valence-corrected chi connectivity index (χ4v) is 4.45. The Balaban J connectivity index is 2.08. The Morgan fingerprint density at radius 1 is 1.18 bits per heavy atom. The van der Waals surface area contributed by atoms with Crippen LogP contribution in [0.1, 0.15) is 43.0 Å². The number of hydrogen-bond acceptors (Lipinski definition) is 5. The van der Waals surface area contributed by atoms with Crippen LogP contribution in [0.25, 0.3) is 5.76 Å². The van der Waals surface area contributed by atoms with Crippen LogP contribution in [0.2, 0.25) is 0 Å². The molecule has 1 fully saturated rings. The molecule has 1 aliphatic rings. The van der Waals surface area contributed by atoms with E-state index in [9.17, 15) is 14.7 Å². The second-order valence-electron chi connectivity index (χ2n) is 8.85. The van der Waals surface area contributed by atoms with Crippen molar-refractivity contribution in [3.8, 4) is 5.75 Å². The number of likely N-dealkylation sites (tertiary alicyclic amines) is 1. The van der Waals surface area contributed by atoms with E-state index < -0.39 is 17.7 Å². The smallest absolute Gasteiger partial charge is 0.295 e. The van der Waals surface area contributed by atoms with Gasteiger partial charge in [0.05, 0.1) is 17.7 Å². The van der Waals surface area contributed by atoms with Gasteiger partial charge < -0.3 is 19.6 Å². The normalized spacial score (nSPS) is 17.9. The number of ketones is 1. The van der Waals surface area contributed by atoms with E-state index in [1.165, 1.54) is 0 Å². The number of aryl methyl sites for hydroxylation is 1. The largest absolute Gasteiger partial charge is 0.507 e. The molecule has 6 nitrogen and oxygen atoms in total. The third kappa shape index (κ3) is 5.65. The highest BCUT2D eigenvalue weighted by molar-refractivity contribution is 9.10. The van der Waals surface area contributed by atoms with Gasteiger partial charge in [-0.1, -0.05) is 28.1 Å². The first-order chi connectivity index (χ1) is 15.6. The number of aliphatic hydroxyl groups excluding tert-OH is 1. The first-order valence-corrected chi connectivity index (χ1v) is 11.9. The van der Waals surface area contributed by atoms with E-state index >= 15 is 0 Å². The molecule has 176 valence electrons. The van der Waals surface area contributed by atoms with Gasteiger partial charge in [-0.25, -0.2) is 0 Å². The first kappa shape index (κ1) is 25.0. The number of benzene rings is 2. The Labute approximate surface area is 204 Å². The lowest BCUT2D eigenvalue weighted by molar-refractivity contribution is -0.139. The summed E-state index contributed by atoms with van der Waals surface area (Å²) < 4.78 is 6.63. The Bertz CT molecular complexity index is 1080. The molecular formula is C26H31BrN2O4. The van der Waals surface area contributed by atoms with Crippen LogP contribution in [0.15, 0.2) is 52.5 Å². The number of ether oxygens (including phenoxy) is 1. The van der Waals surface area contributed by atoms with Crippen molar-refractivity contribution < 1.29 is 19.4 Å². The van der Waals surface area contributed by atoms with E-state index in [4.69, 9.17) is 4.74 Å². The van der Waals surface area contributed by atoms with Gasteiger partial charge in [-0.2, -0.15) is 0 Å². The van der Waals surface area contributed by atoms with Gasteiger partial charge in [0.1, 0.15) is 11.5 Å². The lowest BCUT2D eigenvalue weighted by Crippen LogP contribution is -2.32. The van der Waals surface area contributed by atoms with Gasteiger partial charge in [-0.3, -0.25) is 9.59 Å². The summed E-state index contributed by atoms with van der Waals surface area (Å²) in [5.41, 5.74) is 2.20. The van der Waals surface area contributed by atoms with Crippen molar-refractivity contribution in [2.75, 3.05) is 27.2 Å². The molecule has 3 rings (SSSR count). The lowest BCUT2D eigenvalue weighted by atomic mass is 9.94. The number of halogens is 1. The molecule has 0 radical (unpaired) electrons. The minimum absolute atomic E-state index is 0.0205. The van der Waals surface area contributed by atoms with Crippen LogP contribution in [-0.4, -0.2) is 59.9 Å². The third-order valence-electron chi connectivity index (χ3n) is 5.52. The SMILES string of the molecule is Cc1cc(C(O)=C2C(=O)C(=O)N(CCCN(C)C)[C@@H]2c2cccc(Br)c2)ccc1OC(C)C. The van der Waals surface area contributed by atoms with E-state index in [1.54, 1.807) is 23.1 Å². The van der Waals surface area contributed by atoms with Crippen LogP contribution in [0.3, 0.4) is 0 Å². The quantitative estimate of drug-likeness (QED) is 0.307. The van der Waals surface area contributed by atoms with Crippen LogP contribution in [-0.2, 0) is 9.59 Å². The van der Waals surface area contributed by atoms with Gasteiger partial charge in [-0.05, 0) is 89.3 Å². The number of aliphatic hydroxyl groups is 1. The van der Waals surface area contributed by atoms with Crippen LogP contribution in [0.4, 0.5) is 0 Å². The molecule has 0 bridgehead atoms. The Morgan fingerprint density at radius 3 is 2.52 bits per heavy atom. The Hall–Kier alpha value is -2.64. The topological polar surface area (TPSA) is 70.1 Å². The maximum Gasteiger partial charge on any atom is 0.295 e. The fourth-order valence-electron chi connectivity index (χ4n) is 4.03. The summed E-state index contributed by atoms with van der Waals surface area (Å²) in [5, 5.41) is 11.3. The zero-order valence-corrected chi connectivity index (χ0v) is 21.3. The molecule has 1 amide bonds. The highest BCUT2D eigenvalue weighted by Crippen LogP contribution is 2.40. The highest BCUT2D eigenvalue weighted by atomic mass is 79.9. The molecule has 0 saturated carbocycles. The summed E-state index contributed by atoms with van der Waals surface area (Å²) in [6, 6.07) is 12.1. The van der Waals surface area contributed by atoms with Gasteiger partial charge in [0, 0.05) is 16.6 Å². The summed E-state index contributed by atoms with van der Waals surface area (Å²) in [6.45, 7) is 6.98. The average molecular weight is 515 g/mol. The van der Waals surface area contributed by atoms with Crippen LogP contribution < -0.4 is 4.74 Å². The minimum Gasteiger partial charge on any atom is -0.507 e. The van der Waals surface area contributed by atoms with Crippen LogP contribution in [0.5, 0.6) is 5.75 Å². The van der Waals surface area contributed by atoms with Crippen LogP contribution in [0, 0.1) is 6.92 Å². The van der Waals surface area contributed by atoms with E-state index in [-0.39, 0.29) is 17.4 Å². The summed E-state index contributed by atoms with van der Waals surface area (Å²) in [7, 11) is 3.93. The van der Waals surface area contributed by atoms with Crippen molar-refractivity contribution in [1.29, 1.82) is 0 Å². The van der Waals surface area contributed by atoms with Gasteiger partial charge in [-0.15, -0.1) is 0 Å². The number of amides is 1. The molecule has 1 N–H and O–H groups in total. The second-order valence-corrected chi connectivity index (χ2v) is 9.77. The van der Waals surface area contributed by atoms with Gasteiger partial charge >= 0.3 is 0 Å². The molecule has 0 unspecified atom stereocenters. The zero-order valence-electron chi connectivity index (χ0n) is 19.8. The van der Waals surface area contributed by atoms with E-state index in [0.717, 1.165) is 22.1 Å². The fraction of sp³-hybridized carbons (Fsp3) is 0.385. The van der Waals surface area contributed by atoms with Crippen molar-refractivity contribution in [3.05, 3.63) is 69.2 Å². The maximum atomic E-state index is 13.1. The van der Waals surface area contributed by atoms with Crippen molar-refractivity contribution >= 4 is 33.4 Å². The highest BCUT2D eigenvalue weighted by Gasteiger charge is 2.45. The molecule has 0 aromatic heterocycles. The Morgan fingerprint density at radius 2 is 1.91 bits per heavy atom. The zero-order chi connectivity index (χ0) is 24.3. The molecular weight excluding hydrogens is 484 g/mol. The van der Waals surface area contributed by atoms with Crippen LogP contribution >= 0.6 is 15.9 Å². The average Bonchev–Trinajstić information content (AvgIpc) is 2.99. The summed E-state index contributed by atoms with van der Waals surface area (Å²) in [5.74, 6) is -0.707. The predicted octanol–water partition coefficient (Wildman–Crippen LogP) is 4.92. The van der Waals surface area contributed by atoms with Gasteiger partial charge in [0.25, 0.3) is 11.7 Å². The maximum absolute atomic E-state index is 13.1. The number of rotatable bonds is 8. The van der Waals surface area contributed by atoms with Crippen molar-refractivity contribution in [2.45, 2.75) is 39.3 Å². The molecule has 33 heavy (non-hydrogen) atoms. The molecule has 0 aliphatic carbocycles. The van der Waals surface area contributed by atoms with Crippen molar-refractivity contribution in [1.82, 2.24) is 9.80 Å². The number of nitrogens with zero attached hydrogens (tertiary/aromatic N) is 2. The van der Waals surface area contributed by atoms with E-state index in [2.05, 4.69) is 15.9 Å². The standard InChI is InChI=1S/C26H31BrN2O4/c1-16(2)33-21-11-10-19(14-17(21)3)24(30)22-23(18-8-6-9-20(27)15-18)29(26(32)25(22)31)13-7-12-28(4)5/h6,8-11,14-16,23,30H,7,12-13H2,1-5H3/t23-/m1/s1. The minimum atomic E-state index is -0.664. The number of hydrogen-bond donors (Lipinski definition) is 1. The van der Waals surface area contributed by atoms with Crippen molar-refractivity contribution in [3.63, 3.8) is 0 Å². The molecule has 2 aromatic carbocycles. The number of carbonyl (C=O) groups excluding carboxylic acids is 2.